The van der Waals surface area contributed by atoms with Crippen LogP contribution in [0.1, 0.15) is 46.4 Å². The van der Waals surface area contributed by atoms with Gasteiger partial charge in [0, 0.05) is 23.2 Å². The highest BCUT2D eigenvalue weighted by atomic mass is 35.5. The number of carbonyl (C=O) groups excluding carboxylic acids is 2. The van der Waals surface area contributed by atoms with Gasteiger partial charge in [0.1, 0.15) is 0 Å². The fraction of sp³-hybridized carbons (Fsp3) is 0.429. The molecule has 1 aliphatic carbocycles. The summed E-state index contributed by atoms with van der Waals surface area (Å²) in [6.07, 6.45) is 3.75. The Hall–Kier alpha value is -1.59. The maximum atomic E-state index is 12.0. The Kier molecular flexibility index (Phi) is 5.98. The summed E-state index contributed by atoms with van der Waals surface area (Å²) in [5.41, 5.74) is 11.9. The molecule has 0 heterocycles. The number of nitrogens with one attached hydrogen (secondary N) is 1. The summed E-state index contributed by atoms with van der Waals surface area (Å²) >= 11 is 0. The molecule has 110 valence electrons. The summed E-state index contributed by atoms with van der Waals surface area (Å²) in [7, 11) is 0. The highest BCUT2D eigenvalue weighted by Gasteiger charge is 2.20. The molecule has 0 atom stereocenters. The van der Waals surface area contributed by atoms with Crippen LogP contribution in [-0.4, -0.2) is 23.9 Å². The lowest BCUT2D eigenvalue weighted by Gasteiger charge is -2.26. The second kappa shape index (κ2) is 7.26. The van der Waals surface area contributed by atoms with Gasteiger partial charge in [0.15, 0.2) is 0 Å². The Labute approximate surface area is 124 Å². The molecule has 0 aromatic heterocycles. The van der Waals surface area contributed by atoms with Crippen molar-refractivity contribution < 1.29 is 9.59 Å². The minimum absolute atomic E-state index is 0. The summed E-state index contributed by atoms with van der Waals surface area (Å²) in [4.78, 5) is 23.0. The molecule has 2 amide bonds. The molecule has 0 spiro atoms. The molecule has 0 aliphatic heterocycles. The molecule has 0 saturated heterocycles. The fourth-order valence-electron chi connectivity index (χ4n) is 2.32. The number of halogens is 1. The standard InChI is InChI=1S/C14H19N3O2.ClH/c15-11-5-7-12(8-6-11)17-14(19)10-3-1-9(2-4-10)13(16)18;/h1-4,11-12H,5-8,15H2,(H2,16,18)(H,17,19);1H. The third kappa shape index (κ3) is 4.21. The molecule has 1 aromatic rings. The van der Waals surface area contributed by atoms with Crippen LogP contribution in [0.4, 0.5) is 0 Å². The Morgan fingerprint density at radius 3 is 2.00 bits per heavy atom. The van der Waals surface area contributed by atoms with Crippen molar-refractivity contribution in [2.45, 2.75) is 37.8 Å². The molecule has 2 rings (SSSR count). The average Bonchev–Trinajstić information content (AvgIpc) is 2.41. The Morgan fingerprint density at radius 1 is 1.00 bits per heavy atom. The summed E-state index contributed by atoms with van der Waals surface area (Å²) < 4.78 is 0. The molecular weight excluding hydrogens is 278 g/mol. The first-order valence-electron chi connectivity index (χ1n) is 6.52. The third-order valence-electron chi connectivity index (χ3n) is 3.54. The van der Waals surface area contributed by atoms with E-state index in [-0.39, 0.29) is 30.4 Å². The third-order valence-corrected chi connectivity index (χ3v) is 3.54. The van der Waals surface area contributed by atoms with E-state index < -0.39 is 5.91 Å². The monoisotopic (exact) mass is 297 g/mol. The zero-order valence-corrected chi connectivity index (χ0v) is 12.0. The number of carbonyl (C=O) groups is 2. The molecule has 0 unspecified atom stereocenters. The van der Waals surface area contributed by atoms with Gasteiger partial charge in [-0.2, -0.15) is 0 Å². The first kappa shape index (κ1) is 16.5. The predicted octanol–water partition coefficient (Wildman–Crippen LogP) is 1.21. The lowest BCUT2D eigenvalue weighted by Crippen LogP contribution is -2.40. The van der Waals surface area contributed by atoms with Crippen molar-refractivity contribution in [3.63, 3.8) is 0 Å². The van der Waals surface area contributed by atoms with Crippen LogP contribution in [0.15, 0.2) is 24.3 Å². The van der Waals surface area contributed by atoms with E-state index in [9.17, 15) is 9.59 Å². The molecule has 5 N–H and O–H groups in total. The van der Waals surface area contributed by atoms with Crippen LogP contribution in [0.3, 0.4) is 0 Å². The van der Waals surface area contributed by atoms with E-state index in [2.05, 4.69) is 5.32 Å². The molecule has 1 fully saturated rings. The Bertz CT molecular complexity index is 468. The quantitative estimate of drug-likeness (QED) is 0.782. The molecule has 5 nitrogen and oxygen atoms in total. The second-order valence-electron chi connectivity index (χ2n) is 5.03. The van der Waals surface area contributed by atoms with Gasteiger partial charge in [-0.25, -0.2) is 0 Å². The van der Waals surface area contributed by atoms with Crippen molar-refractivity contribution in [3.05, 3.63) is 35.4 Å². The number of rotatable bonds is 3. The van der Waals surface area contributed by atoms with E-state index in [0.29, 0.717) is 11.1 Å². The van der Waals surface area contributed by atoms with E-state index in [1.165, 1.54) is 0 Å². The van der Waals surface area contributed by atoms with Crippen molar-refractivity contribution in [1.82, 2.24) is 5.32 Å². The number of amides is 2. The summed E-state index contributed by atoms with van der Waals surface area (Å²) in [5.74, 6) is -0.607. The van der Waals surface area contributed by atoms with Gasteiger partial charge in [0.25, 0.3) is 5.91 Å². The van der Waals surface area contributed by atoms with Crippen molar-refractivity contribution in [1.29, 1.82) is 0 Å². The predicted molar refractivity (Wildman–Crippen MR) is 79.9 cm³/mol. The molecule has 1 aromatic carbocycles. The minimum Gasteiger partial charge on any atom is -0.366 e. The first-order chi connectivity index (χ1) is 9.06. The number of hydrogen-bond acceptors (Lipinski definition) is 3. The minimum atomic E-state index is -0.492. The van der Waals surface area contributed by atoms with Gasteiger partial charge in [-0.15, -0.1) is 12.4 Å². The van der Waals surface area contributed by atoms with Crippen molar-refractivity contribution in [2.75, 3.05) is 0 Å². The van der Waals surface area contributed by atoms with Gasteiger partial charge >= 0.3 is 0 Å². The molecule has 0 radical (unpaired) electrons. The summed E-state index contributed by atoms with van der Waals surface area (Å²) in [6.45, 7) is 0. The lowest BCUT2D eigenvalue weighted by molar-refractivity contribution is 0.0924. The number of benzene rings is 1. The zero-order chi connectivity index (χ0) is 13.8. The molecule has 20 heavy (non-hydrogen) atoms. The zero-order valence-electron chi connectivity index (χ0n) is 11.2. The van der Waals surface area contributed by atoms with Crippen LogP contribution in [0.5, 0.6) is 0 Å². The van der Waals surface area contributed by atoms with Gasteiger partial charge in [-0.3, -0.25) is 9.59 Å². The first-order valence-corrected chi connectivity index (χ1v) is 6.52. The lowest BCUT2D eigenvalue weighted by atomic mass is 9.91. The Balaban J connectivity index is 0.00000200. The van der Waals surface area contributed by atoms with Crippen LogP contribution in [0.2, 0.25) is 0 Å². The highest BCUT2D eigenvalue weighted by molar-refractivity contribution is 5.97. The van der Waals surface area contributed by atoms with E-state index in [1.54, 1.807) is 24.3 Å². The van der Waals surface area contributed by atoms with Gasteiger partial charge < -0.3 is 16.8 Å². The normalized spacial score (nSPS) is 21.6. The maximum Gasteiger partial charge on any atom is 0.251 e. The van der Waals surface area contributed by atoms with E-state index in [0.717, 1.165) is 25.7 Å². The van der Waals surface area contributed by atoms with E-state index in [1.807, 2.05) is 0 Å². The molecule has 6 heteroatoms. The second-order valence-corrected chi connectivity index (χ2v) is 5.03. The van der Waals surface area contributed by atoms with E-state index >= 15 is 0 Å². The van der Waals surface area contributed by atoms with Gasteiger partial charge in [0.2, 0.25) is 5.91 Å². The van der Waals surface area contributed by atoms with Crippen LogP contribution in [0.25, 0.3) is 0 Å². The molecule has 0 bridgehead atoms. The van der Waals surface area contributed by atoms with Gasteiger partial charge in [-0.05, 0) is 49.9 Å². The SMILES string of the molecule is Cl.NC(=O)c1ccc(C(=O)NC2CCC(N)CC2)cc1. The largest absolute Gasteiger partial charge is 0.366 e. The van der Waals surface area contributed by atoms with Crippen molar-refractivity contribution >= 4 is 24.2 Å². The van der Waals surface area contributed by atoms with Gasteiger partial charge in [-0.1, -0.05) is 0 Å². The van der Waals surface area contributed by atoms with Crippen molar-refractivity contribution in [3.8, 4) is 0 Å². The average molecular weight is 298 g/mol. The fourth-order valence-corrected chi connectivity index (χ4v) is 2.32. The topological polar surface area (TPSA) is 98.2 Å². The smallest absolute Gasteiger partial charge is 0.251 e. The van der Waals surface area contributed by atoms with Crippen LogP contribution < -0.4 is 16.8 Å². The number of hydrogen-bond donors (Lipinski definition) is 3. The molecule has 1 saturated carbocycles. The van der Waals surface area contributed by atoms with E-state index in [4.69, 9.17) is 11.5 Å². The molecular formula is C14H20ClN3O2. The van der Waals surface area contributed by atoms with Gasteiger partial charge in [0.05, 0.1) is 0 Å². The number of nitrogens with two attached hydrogens (primary N) is 2. The highest BCUT2D eigenvalue weighted by Crippen LogP contribution is 2.17. The molecule has 1 aliphatic rings. The maximum absolute atomic E-state index is 12.0. The number of primary amides is 1. The van der Waals surface area contributed by atoms with Crippen LogP contribution >= 0.6 is 12.4 Å². The van der Waals surface area contributed by atoms with Crippen molar-refractivity contribution in [2.24, 2.45) is 11.5 Å². The van der Waals surface area contributed by atoms with Crippen LogP contribution in [-0.2, 0) is 0 Å². The van der Waals surface area contributed by atoms with Crippen LogP contribution in [0, 0.1) is 0 Å². The summed E-state index contributed by atoms with van der Waals surface area (Å²) in [6, 6.07) is 6.82. The Morgan fingerprint density at radius 2 is 1.50 bits per heavy atom. The summed E-state index contributed by atoms with van der Waals surface area (Å²) in [5, 5.41) is 2.99.